The number of hydrogen-bond acceptors (Lipinski definition) is 3. The normalized spacial score (nSPS) is 53.2. The van der Waals surface area contributed by atoms with Crippen molar-refractivity contribution in [2.24, 2.45) is 17.3 Å². The first kappa shape index (κ1) is 13.2. The molecule has 0 amide bonds. The van der Waals surface area contributed by atoms with E-state index >= 15 is 0 Å². The van der Waals surface area contributed by atoms with E-state index in [0.29, 0.717) is 18.3 Å². The molecule has 1 aliphatic heterocycles. The summed E-state index contributed by atoms with van der Waals surface area (Å²) in [7, 11) is 0. The predicted octanol–water partition coefficient (Wildman–Crippen LogP) is 2.83. The minimum absolute atomic E-state index is 0.0107. The number of esters is 1. The first-order chi connectivity index (χ1) is 8.76. The van der Waals surface area contributed by atoms with Gasteiger partial charge in [-0.3, -0.25) is 4.79 Å². The highest BCUT2D eigenvalue weighted by Crippen LogP contribution is 2.58. The fourth-order valence-electron chi connectivity index (χ4n) is 4.52. The molecule has 0 radical (unpaired) electrons. The summed E-state index contributed by atoms with van der Waals surface area (Å²) in [5.74, 6) is 0.848. The van der Waals surface area contributed by atoms with Gasteiger partial charge in [-0.25, -0.2) is 0 Å². The fraction of sp³-hybridized carbons (Fsp3) is 0.812. The zero-order chi connectivity index (χ0) is 13.9. The second kappa shape index (κ2) is 3.85. The lowest BCUT2D eigenvalue weighted by atomic mass is 9.51. The number of hydrogen-bond donors (Lipinski definition) is 1. The van der Waals surface area contributed by atoms with Gasteiger partial charge >= 0.3 is 5.97 Å². The summed E-state index contributed by atoms with van der Waals surface area (Å²) in [4.78, 5) is 11.6. The van der Waals surface area contributed by atoms with Crippen LogP contribution in [0.25, 0.3) is 0 Å². The highest BCUT2D eigenvalue weighted by Gasteiger charge is 2.58. The predicted molar refractivity (Wildman–Crippen MR) is 72.4 cm³/mol. The smallest absolute Gasteiger partial charge is 0.306 e. The van der Waals surface area contributed by atoms with Crippen LogP contribution >= 0.6 is 0 Å². The van der Waals surface area contributed by atoms with Crippen LogP contribution in [0.3, 0.4) is 0 Å². The van der Waals surface area contributed by atoms with Crippen LogP contribution in [0.1, 0.15) is 52.9 Å². The third kappa shape index (κ3) is 1.85. The van der Waals surface area contributed by atoms with E-state index in [1.165, 1.54) is 0 Å². The Morgan fingerprint density at radius 1 is 1.32 bits per heavy atom. The van der Waals surface area contributed by atoms with Crippen molar-refractivity contribution >= 4 is 5.97 Å². The van der Waals surface area contributed by atoms with Gasteiger partial charge in [0.2, 0.25) is 0 Å². The summed E-state index contributed by atoms with van der Waals surface area (Å²) < 4.78 is 5.69. The van der Waals surface area contributed by atoms with E-state index in [4.69, 9.17) is 4.74 Å². The molecule has 0 aromatic heterocycles. The van der Waals surface area contributed by atoms with Gasteiger partial charge < -0.3 is 9.84 Å². The van der Waals surface area contributed by atoms with E-state index in [1.54, 1.807) is 0 Å². The Morgan fingerprint density at radius 3 is 2.79 bits per heavy atom. The van der Waals surface area contributed by atoms with Crippen LogP contribution in [0.4, 0.5) is 0 Å². The van der Waals surface area contributed by atoms with Crippen molar-refractivity contribution in [3.63, 3.8) is 0 Å². The van der Waals surface area contributed by atoms with E-state index < -0.39 is 11.2 Å². The highest BCUT2D eigenvalue weighted by molar-refractivity contribution is 5.71. The van der Waals surface area contributed by atoms with Gasteiger partial charge in [-0.05, 0) is 57.4 Å². The first-order valence-corrected chi connectivity index (χ1v) is 7.39. The molecule has 3 nitrogen and oxygen atoms in total. The van der Waals surface area contributed by atoms with Crippen molar-refractivity contribution in [1.82, 2.24) is 0 Å². The summed E-state index contributed by atoms with van der Waals surface area (Å²) in [5, 5.41) is 10.3. The Morgan fingerprint density at radius 2 is 2.05 bits per heavy atom. The van der Waals surface area contributed by atoms with Gasteiger partial charge in [0.25, 0.3) is 0 Å². The molecule has 2 fully saturated rings. The lowest BCUT2D eigenvalue weighted by Gasteiger charge is -2.58. The lowest BCUT2D eigenvalue weighted by molar-refractivity contribution is -0.194. The Kier molecular flexibility index (Phi) is 2.66. The third-order valence-electron chi connectivity index (χ3n) is 5.97. The van der Waals surface area contributed by atoms with Gasteiger partial charge in [-0.1, -0.05) is 13.0 Å². The molecule has 0 aromatic rings. The zero-order valence-electron chi connectivity index (χ0n) is 12.1. The van der Waals surface area contributed by atoms with Crippen molar-refractivity contribution in [2.75, 3.05) is 0 Å². The number of fused-ring (bicyclic) bond motifs is 3. The zero-order valence-corrected chi connectivity index (χ0v) is 12.1. The topological polar surface area (TPSA) is 46.5 Å². The lowest BCUT2D eigenvalue weighted by Crippen LogP contribution is -2.59. The second-order valence-electron chi connectivity index (χ2n) is 7.37. The SMILES string of the molecule is C[C@@]1(O)CC[C@H]2[C@@H](C=C[C@@]3(C)OC(=O)CC[C@]23C)C1. The molecule has 1 heterocycles. The molecule has 19 heavy (non-hydrogen) atoms. The summed E-state index contributed by atoms with van der Waals surface area (Å²) in [6.45, 7) is 6.25. The van der Waals surface area contributed by atoms with Crippen molar-refractivity contribution in [3.05, 3.63) is 12.2 Å². The average molecular weight is 264 g/mol. The number of allylic oxidation sites excluding steroid dienone is 1. The largest absolute Gasteiger partial charge is 0.455 e. The molecule has 0 unspecified atom stereocenters. The van der Waals surface area contributed by atoms with Crippen LogP contribution in [0.5, 0.6) is 0 Å². The maximum atomic E-state index is 11.6. The number of ether oxygens (including phenoxy) is 1. The summed E-state index contributed by atoms with van der Waals surface area (Å²) in [6, 6.07) is 0. The second-order valence-corrected chi connectivity index (χ2v) is 7.37. The number of rotatable bonds is 0. The maximum absolute atomic E-state index is 11.6. The van der Waals surface area contributed by atoms with Gasteiger partial charge in [0.05, 0.1) is 5.60 Å². The molecular weight excluding hydrogens is 240 g/mol. The van der Waals surface area contributed by atoms with Crippen LogP contribution < -0.4 is 0 Å². The van der Waals surface area contributed by atoms with Crippen LogP contribution in [0.15, 0.2) is 12.2 Å². The molecule has 0 bridgehead atoms. The number of aliphatic hydroxyl groups is 1. The van der Waals surface area contributed by atoms with E-state index in [0.717, 1.165) is 25.7 Å². The van der Waals surface area contributed by atoms with Crippen LogP contribution in [-0.2, 0) is 9.53 Å². The quantitative estimate of drug-likeness (QED) is 0.540. The number of carbonyl (C=O) groups excluding carboxylic acids is 1. The van der Waals surface area contributed by atoms with Crippen molar-refractivity contribution in [3.8, 4) is 0 Å². The monoisotopic (exact) mass is 264 g/mol. The van der Waals surface area contributed by atoms with Gasteiger partial charge in [-0.15, -0.1) is 0 Å². The van der Waals surface area contributed by atoms with Crippen molar-refractivity contribution in [1.29, 1.82) is 0 Å². The van der Waals surface area contributed by atoms with E-state index in [2.05, 4.69) is 19.1 Å². The third-order valence-corrected chi connectivity index (χ3v) is 5.97. The number of carbonyl (C=O) groups is 1. The van der Waals surface area contributed by atoms with Gasteiger partial charge in [0, 0.05) is 11.8 Å². The van der Waals surface area contributed by atoms with Crippen LogP contribution in [-0.4, -0.2) is 22.3 Å². The minimum Gasteiger partial charge on any atom is -0.455 e. The molecule has 5 atom stereocenters. The van der Waals surface area contributed by atoms with Gasteiger partial charge in [-0.2, -0.15) is 0 Å². The Labute approximate surface area is 115 Å². The summed E-state index contributed by atoms with van der Waals surface area (Å²) >= 11 is 0. The highest BCUT2D eigenvalue weighted by atomic mass is 16.6. The Bertz CT molecular complexity index is 439. The van der Waals surface area contributed by atoms with E-state index in [1.807, 2.05) is 13.8 Å². The minimum atomic E-state index is -0.541. The molecule has 3 rings (SSSR count). The molecule has 0 aromatic carbocycles. The molecule has 3 heteroatoms. The maximum Gasteiger partial charge on any atom is 0.306 e. The molecular formula is C16H24O3. The van der Waals surface area contributed by atoms with Crippen molar-refractivity contribution < 1.29 is 14.6 Å². The molecule has 2 aliphatic carbocycles. The molecule has 3 aliphatic rings. The van der Waals surface area contributed by atoms with Crippen LogP contribution in [0, 0.1) is 17.3 Å². The fourth-order valence-corrected chi connectivity index (χ4v) is 4.52. The molecule has 0 spiro atoms. The summed E-state index contributed by atoms with van der Waals surface area (Å²) in [5.41, 5.74) is -0.996. The first-order valence-electron chi connectivity index (χ1n) is 7.39. The molecule has 1 saturated carbocycles. The molecule has 106 valence electrons. The summed E-state index contributed by atoms with van der Waals surface area (Å²) in [6.07, 6.45) is 8.38. The average Bonchev–Trinajstić information content (AvgIpc) is 2.30. The van der Waals surface area contributed by atoms with Crippen molar-refractivity contribution in [2.45, 2.75) is 64.1 Å². The molecule has 1 N–H and O–H groups in total. The van der Waals surface area contributed by atoms with E-state index in [-0.39, 0.29) is 11.4 Å². The Hall–Kier alpha value is -0.830. The van der Waals surface area contributed by atoms with Gasteiger partial charge in [0.15, 0.2) is 0 Å². The Balaban J connectivity index is 1.97. The molecule has 1 saturated heterocycles. The van der Waals surface area contributed by atoms with E-state index in [9.17, 15) is 9.90 Å². The van der Waals surface area contributed by atoms with Crippen LogP contribution in [0.2, 0.25) is 0 Å². The standard InChI is InChI=1S/C16H24O3/c1-14(18)7-5-12-11(10-14)4-9-16(3)15(12,2)8-6-13(17)19-16/h4,9,11-12,18H,5-8,10H2,1-3H3/t11-,12-,14+,15+,16+/m0/s1. The van der Waals surface area contributed by atoms with Gasteiger partial charge in [0.1, 0.15) is 5.60 Å².